The van der Waals surface area contributed by atoms with Crippen molar-refractivity contribution in [2.75, 3.05) is 5.32 Å². The maximum atomic E-state index is 12.6. The van der Waals surface area contributed by atoms with Gasteiger partial charge in [-0.1, -0.05) is 12.1 Å². The fourth-order valence-electron chi connectivity index (χ4n) is 2.61. The van der Waals surface area contributed by atoms with Gasteiger partial charge in [0.05, 0.1) is 11.4 Å². The number of hydrogen-bond acceptors (Lipinski definition) is 5. The summed E-state index contributed by atoms with van der Waals surface area (Å²) in [4.78, 5) is 31.8. The normalized spacial score (nSPS) is 10.8. The SMILES string of the molecule is Cc1c[nH]c(=O)n1-c1ccccc1NC(=O)c1csc(-c2ccsc2)n1. The molecule has 0 saturated heterocycles. The number of carbonyl (C=O) groups is 1. The fraction of sp³-hybridized carbons (Fsp3) is 0.0556. The van der Waals surface area contributed by atoms with Crippen molar-refractivity contribution < 1.29 is 4.79 Å². The third-order valence-electron chi connectivity index (χ3n) is 3.86. The minimum Gasteiger partial charge on any atom is -0.319 e. The molecular formula is C18H14N4O2S2. The number of rotatable bonds is 4. The highest BCUT2D eigenvalue weighted by Crippen LogP contribution is 2.26. The van der Waals surface area contributed by atoms with Gasteiger partial charge in [0.2, 0.25) is 0 Å². The van der Waals surface area contributed by atoms with Crippen LogP contribution in [0.15, 0.2) is 57.5 Å². The van der Waals surface area contributed by atoms with Crippen molar-refractivity contribution in [1.29, 1.82) is 0 Å². The molecule has 0 radical (unpaired) electrons. The van der Waals surface area contributed by atoms with E-state index in [-0.39, 0.29) is 11.6 Å². The third kappa shape index (κ3) is 3.00. The predicted molar refractivity (Wildman–Crippen MR) is 105 cm³/mol. The van der Waals surface area contributed by atoms with Crippen LogP contribution in [0.1, 0.15) is 16.2 Å². The number of thiophene rings is 1. The number of para-hydroxylation sites is 2. The van der Waals surface area contributed by atoms with Crippen LogP contribution in [-0.2, 0) is 0 Å². The molecular weight excluding hydrogens is 368 g/mol. The van der Waals surface area contributed by atoms with Crippen molar-refractivity contribution in [2.24, 2.45) is 0 Å². The molecule has 26 heavy (non-hydrogen) atoms. The van der Waals surface area contributed by atoms with E-state index in [4.69, 9.17) is 0 Å². The first kappa shape index (κ1) is 16.5. The van der Waals surface area contributed by atoms with Gasteiger partial charge in [-0.3, -0.25) is 9.36 Å². The topological polar surface area (TPSA) is 79.8 Å². The van der Waals surface area contributed by atoms with E-state index in [1.165, 1.54) is 15.9 Å². The Bertz CT molecular complexity index is 1120. The summed E-state index contributed by atoms with van der Waals surface area (Å²) in [6.07, 6.45) is 1.63. The Hall–Kier alpha value is -2.97. The molecule has 4 aromatic rings. The lowest BCUT2D eigenvalue weighted by Crippen LogP contribution is -2.19. The van der Waals surface area contributed by atoms with E-state index in [1.54, 1.807) is 35.0 Å². The number of imidazole rings is 1. The quantitative estimate of drug-likeness (QED) is 0.562. The van der Waals surface area contributed by atoms with E-state index in [9.17, 15) is 9.59 Å². The highest BCUT2D eigenvalue weighted by atomic mass is 32.1. The lowest BCUT2D eigenvalue weighted by Gasteiger charge is -2.11. The van der Waals surface area contributed by atoms with Crippen LogP contribution >= 0.6 is 22.7 Å². The van der Waals surface area contributed by atoms with Gasteiger partial charge in [-0.25, -0.2) is 9.78 Å². The number of thiazole rings is 1. The average molecular weight is 382 g/mol. The van der Waals surface area contributed by atoms with Crippen LogP contribution in [0.2, 0.25) is 0 Å². The summed E-state index contributed by atoms with van der Waals surface area (Å²) < 4.78 is 1.52. The molecule has 3 aromatic heterocycles. The molecule has 0 fully saturated rings. The van der Waals surface area contributed by atoms with Crippen LogP contribution in [-0.4, -0.2) is 20.4 Å². The van der Waals surface area contributed by atoms with Crippen molar-refractivity contribution in [3.05, 3.63) is 74.5 Å². The number of aromatic amines is 1. The maximum absolute atomic E-state index is 12.6. The first-order valence-electron chi connectivity index (χ1n) is 7.79. The molecule has 0 aliphatic rings. The molecule has 3 heterocycles. The second-order valence-corrected chi connectivity index (χ2v) is 7.23. The monoisotopic (exact) mass is 382 g/mol. The largest absolute Gasteiger partial charge is 0.330 e. The number of benzene rings is 1. The average Bonchev–Trinajstić information content (AvgIpc) is 3.37. The third-order valence-corrected chi connectivity index (χ3v) is 5.43. The van der Waals surface area contributed by atoms with Gasteiger partial charge in [-0.2, -0.15) is 11.3 Å². The number of H-pyrrole nitrogens is 1. The molecule has 6 nitrogen and oxygen atoms in total. The Labute approximate surface area is 156 Å². The van der Waals surface area contributed by atoms with Crippen LogP contribution in [0.3, 0.4) is 0 Å². The fourth-order valence-corrected chi connectivity index (χ4v) is 4.12. The summed E-state index contributed by atoms with van der Waals surface area (Å²) in [5.41, 5.74) is 3.02. The zero-order valence-corrected chi connectivity index (χ0v) is 15.4. The molecule has 2 N–H and O–H groups in total. The van der Waals surface area contributed by atoms with E-state index in [2.05, 4.69) is 15.3 Å². The maximum Gasteiger partial charge on any atom is 0.330 e. The Balaban J connectivity index is 1.64. The molecule has 0 atom stereocenters. The van der Waals surface area contributed by atoms with Crippen LogP contribution in [0, 0.1) is 6.92 Å². The zero-order valence-electron chi connectivity index (χ0n) is 13.7. The van der Waals surface area contributed by atoms with Crippen LogP contribution in [0.4, 0.5) is 5.69 Å². The van der Waals surface area contributed by atoms with Crippen molar-refractivity contribution in [3.63, 3.8) is 0 Å². The molecule has 0 aliphatic carbocycles. The molecule has 1 amide bonds. The van der Waals surface area contributed by atoms with Crippen LogP contribution < -0.4 is 11.0 Å². The number of anilines is 1. The molecule has 0 spiro atoms. The molecule has 0 aliphatic heterocycles. The molecule has 4 rings (SSSR count). The number of nitrogens with one attached hydrogen (secondary N) is 2. The molecule has 130 valence electrons. The minimum absolute atomic E-state index is 0.252. The van der Waals surface area contributed by atoms with Crippen LogP contribution in [0.25, 0.3) is 16.3 Å². The summed E-state index contributed by atoms with van der Waals surface area (Å²) in [6, 6.07) is 9.15. The number of aromatic nitrogens is 3. The van der Waals surface area contributed by atoms with Crippen molar-refractivity contribution in [1.82, 2.24) is 14.5 Å². The van der Waals surface area contributed by atoms with Crippen molar-refractivity contribution in [3.8, 4) is 16.3 Å². The number of aryl methyl sites for hydroxylation is 1. The summed E-state index contributed by atoms with van der Waals surface area (Å²) in [7, 11) is 0. The molecule has 0 saturated carbocycles. The van der Waals surface area contributed by atoms with Gasteiger partial charge in [0.25, 0.3) is 5.91 Å². The van der Waals surface area contributed by atoms with Crippen molar-refractivity contribution >= 4 is 34.3 Å². The predicted octanol–water partition coefficient (Wildman–Crippen LogP) is 3.91. The van der Waals surface area contributed by atoms with E-state index < -0.39 is 0 Å². The Morgan fingerprint density at radius 1 is 1.23 bits per heavy atom. The summed E-state index contributed by atoms with van der Waals surface area (Å²) in [5.74, 6) is -0.309. The number of amides is 1. The Morgan fingerprint density at radius 2 is 2.08 bits per heavy atom. The van der Waals surface area contributed by atoms with Gasteiger partial charge in [0.15, 0.2) is 0 Å². The van der Waals surface area contributed by atoms with Gasteiger partial charge in [0, 0.05) is 28.2 Å². The van der Waals surface area contributed by atoms with E-state index in [0.29, 0.717) is 17.1 Å². The van der Waals surface area contributed by atoms with E-state index >= 15 is 0 Å². The standard InChI is InChI=1S/C18H14N4O2S2/c1-11-8-19-18(24)22(11)15-5-3-2-4-13(15)20-16(23)14-10-26-17(21-14)12-6-7-25-9-12/h2-10H,1H3,(H,19,24)(H,20,23). The summed E-state index contributed by atoms with van der Waals surface area (Å²) >= 11 is 3.02. The second-order valence-electron chi connectivity index (χ2n) is 5.59. The van der Waals surface area contributed by atoms with E-state index in [0.717, 1.165) is 16.3 Å². The van der Waals surface area contributed by atoms with Gasteiger partial charge < -0.3 is 10.3 Å². The summed E-state index contributed by atoms with van der Waals surface area (Å²) in [5, 5.41) is 9.38. The minimum atomic E-state index is -0.309. The first-order valence-corrected chi connectivity index (χ1v) is 9.61. The summed E-state index contributed by atoms with van der Waals surface area (Å²) in [6.45, 7) is 1.82. The number of hydrogen-bond donors (Lipinski definition) is 2. The number of carbonyl (C=O) groups excluding carboxylic acids is 1. The van der Waals surface area contributed by atoms with E-state index in [1.807, 2.05) is 35.9 Å². The highest BCUT2D eigenvalue weighted by molar-refractivity contribution is 7.14. The molecule has 0 bridgehead atoms. The smallest absolute Gasteiger partial charge is 0.319 e. The highest BCUT2D eigenvalue weighted by Gasteiger charge is 2.16. The lowest BCUT2D eigenvalue weighted by molar-refractivity contribution is 0.102. The molecule has 0 unspecified atom stereocenters. The molecule has 1 aromatic carbocycles. The Kier molecular flexibility index (Phi) is 4.27. The van der Waals surface area contributed by atoms with Gasteiger partial charge >= 0.3 is 5.69 Å². The number of nitrogens with zero attached hydrogens (tertiary/aromatic N) is 2. The first-order chi connectivity index (χ1) is 12.6. The van der Waals surface area contributed by atoms with Gasteiger partial charge in [-0.15, -0.1) is 11.3 Å². The second kappa shape index (κ2) is 6.74. The zero-order chi connectivity index (χ0) is 18.1. The molecule has 8 heteroatoms. The lowest BCUT2D eigenvalue weighted by atomic mass is 10.2. The van der Waals surface area contributed by atoms with Crippen LogP contribution in [0.5, 0.6) is 0 Å². The Morgan fingerprint density at radius 3 is 2.81 bits per heavy atom. The van der Waals surface area contributed by atoms with Gasteiger partial charge in [-0.05, 0) is 30.5 Å². The van der Waals surface area contributed by atoms with Crippen molar-refractivity contribution in [2.45, 2.75) is 6.92 Å². The van der Waals surface area contributed by atoms with Gasteiger partial charge in [0.1, 0.15) is 10.7 Å².